The van der Waals surface area contributed by atoms with Crippen LogP contribution in [0.5, 0.6) is 0 Å². The van der Waals surface area contributed by atoms with Gasteiger partial charge in [0, 0.05) is 22.1 Å². The van der Waals surface area contributed by atoms with Crippen molar-refractivity contribution in [1.82, 2.24) is 0 Å². The van der Waals surface area contributed by atoms with Crippen molar-refractivity contribution in [2.24, 2.45) is 5.92 Å². The number of hydrogen-bond acceptors (Lipinski definition) is 7. The predicted molar refractivity (Wildman–Crippen MR) is 114 cm³/mol. The molecule has 0 amide bonds. The summed E-state index contributed by atoms with van der Waals surface area (Å²) in [6, 6.07) is 11.1. The number of esters is 1. The summed E-state index contributed by atoms with van der Waals surface area (Å²) in [6.45, 7) is -0.199. The lowest BCUT2D eigenvalue weighted by Crippen LogP contribution is -2.70. The number of ketones is 1. The number of nitro groups is 1. The van der Waals surface area contributed by atoms with Crippen molar-refractivity contribution in [2.75, 3.05) is 18.6 Å². The van der Waals surface area contributed by atoms with Crippen LogP contribution in [0.3, 0.4) is 0 Å². The van der Waals surface area contributed by atoms with Crippen molar-refractivity contribution in [3.8, 4) is 0 Å². The molecule has 1 fully saturated rings. The second kappa shape index (κ2) is 7.90. The number of carboxylic acids is 1. The van der Waals surface area contributed by atoms with Gasteiger partial charge in [0.15, 0.2) is 0 Å². The zero-order valence-corrected chi connectivity index (χ0v) is 17.7. The maximum absolute atomic E-state index is 13.8. The summed E-state index contributed by atoms with van der Waals surface area (Å²) in [5, 5.41) is 22.1. The molecule has 0 unspecified atom stereocenters. The van der Waals surface area contributed by atoms with Gasteiger partial charge in [-0.05, 0) is 23.8 Å². The Bertz CT molecular complexity index is 1120. The third-order valence-electron chi connectivity index (χ3n) is 6.29. The van der Waals surface area contributed by atoms with Gasteiger partial charge in [-0.1, -0.05) is 41.9 Å². The standard InChI is InChI=1S/C22H19ClN2O7/c1-32-21(29)22-18(12-5-3-2-4-6-12)19(25(30)31)13(9-17(26)27)11-24(22)16-10-14(23)7-8-15(16)20(22)28/h2-8,10,13,18-19H,9,11H2,1H3,(H,26,27)/t13-,18-,19+,22+/m1/s1. The number of fused-ring (bicyclic) bond motifs is 3. The first-order valence-corrected chi connectivity index (χ1v) is 10.2. The highest BCUT2D eigenvalue weighted by Gasteiger charge is 2.71. The monoisotopic (exact) mass is 458 g/mol. The van der Waals surface area contributed by atoms with Crippen LogP contribution in [0, 0.1) is 16.0 Å². The van der Waals surface area contributed by atoms with Gasteiger partial charge in [-0.25, -0.2) is 4.79 Å². The zero-order valence-electron chi connectivity index (χ0n) is 16.9. The van der Waals surface area contributed by atoms with Crippen molar-refractivity contribution in [3.63, 3.8) is 0 Å². The number of ether oxygens (including phenoxy) is 1. The van der Waals surface area contributed by atoms with Gasteiger partial charge >= 0.3 is 11.9 Å². The first-order chi connectivity index (χ1) is 15.2. The quantitative estimate of drug-likeness (QED) is 0.313. The van der Waals surface area contributed by atoms with Gasteiger partial charge in [-0.2, -0.15) is 0 Å². The molecule has 0 bridgehead atoms. The molecule has 1 N–H and O–H groups in total. The molecule has 2 aromatic carbocycles. The highest BCUT2D eigenvalue weighted by molar-refractivity contribution is 6.32. The van der Waals surface area contributed by atoms with E-state index in [0.717, 1.165) is 7.11 Å². The number of halogens is 1. The molecule has 2 aliphatic heterocycles. The second-order valence-electron chi connectivity index (χ2n) is 7.88. The van der Waals surface area contributed by atoms with Gasteiger partial charge in [-0.15, -0.1) is 0 Å². The maximum atomic E-state index is 13.8. The number of carbonyl (C=O) groups excluding carboxylic acids is 2. The predicted octanol–water partition coefficient (Wildman–Crippen LogP) is 2.79. The number of hydrogen-bond donors (Lipinski definition) is 1. The largest absolute Gasteiger partial charge is 0.481 e. The number of rotatable bonds is 5. The molecule has 0 aliphatic carbocycles. The molecule has 0 radical (unpaired) electrons. The lowest BCUT2D eigenvalue weighted by atomic mass is 9.65. The molecular formula is C22H19ClN2O7. The fourth-order valence-electron chi connectivity index (χ4n) is 5.14. The molecular weight excluding hydrogens is 440 g/mol. The summed E-state index contributed by atoms with van der Waals surface area (Å²) in [6.07, 6.45) is -0.507. The number of benzene rings is 2. The highest BCUT2D eigenvalue weighted by Crippen LogP contribution is 2.54. The number of Topliss-reactive ketones (excluding diaryl/α,β-unsaturated/α-hetero) is 1. The van der Waals surface area contributed by atoms with Crippen LogP contribution in [0.15, 0.2) is 48.5 Å². The van der Waals surface area contributed by atoms with E-state index in [-0.39, 0.29) is 12.1 Å². The molecule has 4 rings (SSSR count). The van der Waals surface area contributed by atoms with Crippen LogP contribution in [0.4, 0.5) is 5.69 Å². The second-order valence-corrected chi connectivity index (χ2v) is 8.32. The summed E-state index contributed by atoms with van der Waals surface area (Å²) in [5.41, 5.74) is -1.19. The number of aliphatic carboxylic acids is 1. The molecule has 2 aromatic rings. The Morgan fingerprint density at radius 1 is 1.28 bits per heavy atom. The van der Waals surface area contributed by atoms with E-state index in [2.05, 4.69) is 0 Å². The average Bonchev–Trinajstić information content (AvgIpc) is 3.00. The van der Waals surface area contributed by atoms with Gasteiger partial charge in [0.05, 0.1) is 31.1 Å². The van der Waals surface area contributed by atoms with E-state index in [1.807, 2.05) is 0 Å². The van der Waals surface area contributed by atoms with Crippen LogP contribution in [0.2, 0.25) is 5.02 Å². The molecule has 166 valence electrons. The minimum atomic E-state index is -2.06. The van der Waals surface area contributed by atoms with Crippen LogP contribution in [-0.4, -0.2) is 53.0 Å². The maximum Gasteiger partial charge on any atom is 0.340 e. The van der Waals surface area contributed by atoms with Crippen molar-refractivity contribution in [3.05, 3.63) is 74.8 Å². The van der Waals surface area contributed by atoms with E-state index in [0.29, 0.717) is 16.3 Å². The van der Waals surface area contributed by atoms with E-state index < -0.39 is 52.5 Å². The van der Waals surface area contributed by atoms with E-state index in [4.69, 9.17) is 16.3 Å². The SMILES string of the molecule is COC(=O)[C@]12C(=O)c3ccc(Cl)cc3N1C[C@@H](CC(=O)O)[C@H]([N+](=O)[O-])[C@H]2c1ccccc1. The third kappa shape index (κ3) is 3.03. The summed E-state index contributed by atoms with van der Waals surface area (Å²) < 4.78 is 5.05. The van der Waals surface area contributed by atoms with Gasteiger partial charge in [-0.3, -0.25) is 19.7 Å². The van der Waals surface area contributed by atoms with Crippen molar-refractivity contribution in [2.45, 2.75) is 23.9 Å². The Labute approximate surface area is 187 Å². The summed E-state index contributed by atoms with van der Waals surface area (Å²) in [5.74, 6) is -5.06. The van der Waals surface area contributed by atoms with E-state index in [1.165, 1.54) is 23.1 Å². The molecule has 0 spiro atoms. The van der Waals surface area contributed by atoms with Gasteiger partial charge in [0.25, 0.3) is 0 Å². The minimum absolute atomic E-state index is 0.179. The van der Waals surface area contributed by atoms with Crippen LogP contribution in [-0.2, 0) is 14.3 Å². The molecule has 10 heteroatoms. The average molecular weight is 459 g/mol. The van der Waals surface area contributed by atoms with E-state index in [9.17, 15) is 29.6 Å². The molecule has 32 heavy (non-hydrogen) atoms. The van der Waals surface area contributed by atoms with E-state index >= 15 is 0 Å². The normalized spacial score (nSPS) is 26.2. The summed E-state index contributed by atoms with van der Waals surface area (Å²) in [4.78, 5) is 51.9. The van der Waals surface area contributed by atoms with Crippen LogP contribution < -0.4 is 4.90 Å². The summed E-state index contributed by atoms with van der Waals surface area (Å²) in [7, 11) is 1.12. The van der Waals surface area contributed by atoms with Crippen LogP contribution >= 0.6 is 11.6 Å². The van der Waals surface area contributed by atoms with Crippen molar-refractivity contribution in [1.29, 1.82) is 0 Å². The van der Waals surface area contributed by atoms with Gasteiger partial charge in [0.2, 0.25) is 17.4 Å². The first kappa shape index (κ1) is 21.8. The fourth-order valence-corrected chi connectivity index (χ4v) is 5.31. The number of piperidine rings is 1. The van der Waals surface area contributed by atoms with Gasteiger partial charge < -0.3 is 14.7 Å². The molecule has 0 aromatic heterocycles. The molecule has 2 aliphatic rings. The van der Waals surface area contributed by atoms with Crippen molar-refractivity contribution < 1.29 is 29.2 Å². The molecule has 0 saturated carbocycles. The van der Waals surface area contributed by atoms with Crippen molar-refractivity contribution >= 4 is 35.0 Å². The fraction of sp³-hybridized carbons (Fsp3) is 0.318. The number of carboxylic acid groups (broad SMARTS) is 1. The topological polar surface area (TPSA) is 127 Å². The molecule has 1 saturated heterocycles. The first-order valence-electron chi connectivity index (χ1n) is 9.84. The Balaban J connectivity index is 2.05. The Hall–Kier alpha value is -3.46. The number of carbonyl (C=O) groups is 3. The Kier molecular flexibility index (Phi) is 5.37. The zero-order chi connectivity index (χ0) is 23.2. The number of nitrogens with zero attached hydrogens (tertiary/aromatic N) is 2. The number of methoxy groups -OCH3 is 1. The van der Waals surface area contributed by atoms with E-state index in [1.54, 1.807) is 30.3 Å². The minimum Gasteiger partial charge on any atom is -0.481 e. The van der Waals surface area contributed by atoms with Crippen LogP contribution in [0.25, 0.3) is 0 Å². The summed E-state index contributed by atoms with van der Waals surface area (Å²) >= 11 is 6.16. The highest BCUT2D eigenvalue weighted by atomic mass is 35.5. The number of anilines is 1. The Morgan fingerprint density at radius 3 is 2.56 bits per heavy atom. The lowest BCUT2D eigenvalue weighted by molar-refractivity contribution is -0.539. The third-order valence-corrected chi connectivity index (χ3v) is 6.53. The molecule has 9 nitrogen and oxygen atoms in total. The smallest absolute Gasteiger partial charge is 0.340 e. The van der Waals surface area contributed by atoms with Crippen LogP contribution in [0.1, 0.15) is 28.3 Å². The molecule has 4 atom stereocenters. The van der Waals surface area contributed by atoms with Gasteiger partial charge in [0.1, 0.15) is 0 Å². The molecule has 2 heterocycles. The Morgan fingerprint density at radius 2 is 1.97 bits per heavy atom. The lowest BCUT2D eigenvalue weighted by Gasteiger charge is -2.49.